The highest BCUT2D eigenvalue weighted by Gasteiger charge is 2.33. The van der Waals surface area contributed by atoms with E-state index in [4.69, 9.17) is 26.0 Å². The van der Waals surface area contributed by atoms with Gasteiger partial charge in [0.05, 0.1) is 46.4 Å². The SMILES string of the molecule is Cc1cc2[nH]ncc2c(-c2cc3nc(N4CC(N(C)C)C4)nc(N4CCN[C@@H](CC#N)C4)c3c3occc23)c1Cl. The van der Waals surface area contributed by atoms with E-state index in [1.165, 1.54) is 0 Å². The predicted molar refractivity (Wildman–Crippen MR) is 158 cm³/mol. The number of likely N-dealkylation sites (N-methyl/N-ethyl adjacent to an activating group) is 1. The van der Waals surface area contributed by atoms with E-state index >= 15 is 0 Å². The fourth-order valence-electron chi connectivity index (χ4n) is 5.96. The smallest absolute Gasteiger partial charge is 0.228 e. The zero-order chi connectivity index (χ0) is 27.5. The number of benzene rings is 2. The van der Waals surface area contributed by atoms with E-state index in [2.05, 4.69) is 56.4 Å². The van der Waals surface area contributed by atoms with E-state index in [1.54, 1.807) is 6.26 Å². The van der Waals surface area contributed by atoms with Gasteiger partial charge in [0.25, 0.3) is 0 Å². The van der Waals surface area contributed by atoms with E-state index in [0.29, 0.717) is 30.0 Å². The number of furan rings is 1. The average Bonchev–Trinajstić information content (AvgIpc) is 3.58. The number of nitrogens with zero attached hydrogens (tertiary/aromatic N) is 7. The maximum Gasteiger partial charge on any atom is 0.228 e. The van der Waals surface area contributed by atoms with Gasteiger partial charge < -0.3 is 24.4 Å². The number of anilines is 2. The van der Waals surface area contributed by atoms with Crippen molar-refractivity contribution in [3.05, 3.63) is 41.2 Å². The number of aryl methyl sites for hydroxylation is 1. The fourth-order valence-corrected chi connectivity index (χ4v) is 6.21. The third-order valence-electron chi connectivity index (χ3n) is 8.27. The maximum atomic E-state index is 9.35. The second-order valence-electron chi connectivity index (χ2n) is 11.0. The van der Waals surface area contributed by atoms with Crippen LogP contribution in [0.2, 0.25) is 5.02 Å². The number of rotatable bonds is 5. The molecule has 1 atom stereocenters. The van der Waals surface area contributed by atoms with E-state index in [-0.39, 0.29) is 6.04 Å². The highest BCUT2D eigenvalue weighted by atomic mass is 35.5. The van der Waals surface area contributed by atoms with Crippen molar-refractivity contribution in [3.8, 4) is 17.2 Å². The van der Waals surface area contributed by atoms with Crippen molar-refractivity contribution in [1.82, 2.24) is 30.4 Å². The van der Waals surface area contributed by atoms with Crippen LogP contribution in [0.5, 0.6) is 0 Å². The van der Waals surface area contributed by atoms with Gasteiger partial charge in [-0.25, -0.2) is 4.98 Å². The summed E-state index contributed by atoms with van der Waals surface area (Å²) >= 11 is 6.98. The Morgan fingerprint density at radius 2 is 2.02 bits per heavy atom. The van der Waals surface area contributed by atoms with Crippen molar-refractivity contribution >= 4 is 56.1 Å². The Bertz CT molecular complexity index is 1800. The number of piperazine rings is 1. The molecular weight excluding hydrogens is 526 g/mol. The first-order chi connectivity index (χ1) is 19.4. The molecule has 2 saturated heterocycles. The minimum atomic E-state index is 0.0705. The lowest BCUT2D eigenvalue weighted by molar-refractivity contribution is 0.245. The quantitative estimate of drug-likeness (QED) is 0.327. The van der Waals surface area contributed by atoms with Gasteiger partial charge in [-0.05, 0) is 50.3 Å². The van der Waals surface area contributed by atoms with E-state index in [1.807, 2.05) is 25.3 Å². The summed E-state index contributed by atoms with van der Waals surface area (Å²) in [7, 11) is 4.21. The van der Waals surface area contributed by atoms with Crippen LogP contribution >= 0.6 is 11.6 Å². The van der Waals surface area contributed by atoms with Gasteiger partial charge >= 0.3 is 0 Å². The summed E-state index contributed by atoms with van der Waals surface area (Å²) in [4.78, 5) is 17.0. The number of hydrogen-bond donors (Lipinski definition) is 2. The lowest BCUT2D eigenvalue weighted by atomic mass is 9.95. The van der Waals surface area contributed by atoms with Gasteiger partial charge in [0.2, 0.25) is 5.95 Å². The van der Waals surface area contributed by atoms with E-state index in [0.717, 1.165) is 81.5 Å². The molecule has 0 aliphatic carbocycles. The molecule has 2 fully saturated rings. The Morgan fingerprint density at radius 3 is 2.83 bits per heavy atom. The average molecular weight is 556 g/mol. The van der Waals surface area contributed by atoms with Crippen molar-refractivity contribution in [2.45, 2.75) is 25.4 Å². The van der Waals surface area contributed by atoms with E-state index < -0.39 is 0 Å². The minimum Gasteiger partial charge on any atom is -0.463 e. The van der Waals surface area contributed by atoms with Crippen LogP contribution in [0.15, 0.2) is 35.1 Å². The summed E-state index contributed by atoms with van der Waals surface area (Å²) in [5.41, 5.74) is 5.28. The first-order valence-corrected chi connectivity index (χ1v) is 13.9. The molecule has 0 bridgehead atoms. The van der Waals surface area contributed by atoms with Crippen LogP contribution in [-0.4, -0.2) is 84.0 Å². The van der Waals surface area contributed by atoms with Crippen LogP contribution in [0.3, 0.4) is 0 Å². The second-order valence-corrected chi connectivity index (χ2v) is 11.4. The number of nitriles is 1. The lowest BCUT2D eigenvalue weighted by Crippen LogP contribution is -2.58. The molecular formula is C29H30ClN9O. The minimum absolute atomic E-state index is 0.0705. The first-order valence-electron chi connectivity index (χ1n) is 13.5. The second kappa shape index (κ2) is 9.63. The summed E-state index contributed by atoms with van der Waals surface area (Å²) in [5, 5.41) is 23.7. The molecule has 3 aromatic heterocycles. The highest BCUT2D eigenvalue weighted by Crippen LogP contribution is 2.44. The number of aromatic amines is 1. The molecule has 204 valence electrons. The normalized spacial score (nSPS) is 18.2. The summed E-state index contributed by atoms with van der Waals surface area (Å²) < 4.78 is 6.19. The van der Waals surface area contributed by atoms with Crippen LogP contribution < -0.4 is 15.1 Å². The zero-order valence-electron chi connectivity index (χ0n) is 22.7. The van der Waals surface area contributed by atoms with Gasteiger partial charge in [0.15, 0.2) is 0 Å². The Balaban J connectivity index is 1.47. The molecule has 10 nitrogen and oxygen atoms in total. The summed E-state index contributed by atoms with van der Waals surface area (Å²) in [5.74, 6) is 1.55. The van der Waals surface area contributed by atoms with Crippen molar-refractivity contribution in [1.29, 1.82) is 5.26 Å². The summed E-state index contributed by atoms with van der Waals surface area (Å²) in [6.07, 6.45) is 3.98. The Morgan fingerprint density at radius 1 is 1.18 bits per heavy atom. The Kier molecular flexibility index (Phi) is 6.04. The van der Waals surface area contributed by atoms with Crippen LogP contribution in [0.4, 0.5) is 11.8 Å². The third-order valence-corrected chi connectivity index (χ3v) is 8.76. The molecule has 0 amide bonds. The molecule has 5 aromatic rings. The standard InChI is InChI=1S/C29H30ClN9O/c1-16-10-22-21(12-33-36-22)24(26(16)30)20-11-23-25(27-19(20)5-9-40-27)28(38-8-7-32-17(13-38)4-6-31)35-29(34-23)39-14-18(15-39)37(2)3/h5,9-12,17-18,32H,4,7-8,13-15H2,1-3H3,(H,33,36)/t17-/m0/s1. The zero-order valence-corrected chi connectivity index (χ0v) is 23.5. The summed E-state index contributed by atoms with van der Waals surface area (Å²) in [6, 6.07) is 8.97. The largest absolute Gasteiger partial charge is 0.463 e. The van der Waals surface area contributed by atoms with Gasteiger partial charge in [-0.2, -0.15) is 15.3 Å². The number of aromatic nitrogens is 4. The molecule has 5 heterocycles. The highest BCUT2D eigenvalue weighted by molar-refractivity contribution is 6.36. The molecule has 40 heavy (non-hydrogen) atoms. The molecule has 2 aliphatic rings. The monoisotopic (exact) mass is 555 g/mol. The van der Waals surface area contributed by atoms with Crippen molar-refractivity contribution in [2.75, 3.05) is 56.6 Å². The molecule has 2 aromatic carbocycles. The van der Waals surface area contributed by atoms with E-state index in [9.17, 15) is 5.26 Å². The van der Waals surface area contributed by atoms with Crippen molar-refractivity contribution < 1.29 is 4.42 Å². The first kappa shape index (κ1) is 25.1. The van der Waals surface area contributed by atoms with Crippen LogP contribution in [0, 0.1) is 18.3 Å². The molecule has 0 saturated carbocycles. The van der Waals surface area contributed by atoms with Gasteiger partial charge in [0.1, 0.15) is 11.4 Å². The molecule has 0 radical (unpaired) electrons. The maximum absolute atomic E-state index is 9.35. The van der Waals surface area contributed by atoms with Crippen LogP contribution in [0.1, 0.15) is 12.0 Å². The summed E-state index contributed by atoms with van der Waals surface area (Å²) in [6.45, 7) is 5.97. The van der Waals surface area contributed by atoms with Crippen molar-refractivity contribution in [3.63, 3.8) is 0 Å². The molecule has 0 unspecified atom stereocenters. The predicted octanol–water partition coefficient (Wildman–Crippen LogP) is 4.32. The number of hydrogen-bond acceptors (Lipinski definition) is 9. The van der Waals surface area contributed by atoms with Crippen LogP contribution in [-0.2, 0) is 0 Å². The molecule has 11 heteroatoms. The Hall–Kier alpha value is -3.91. The molecule has 0 spiro atoms. The van der Waals surface area contributed by atoms with Gasteiger partial charge in [0, 0.05) is 61.1 Å². The van der Waals surface area contributed by atoms with Crippen molar-refractivity contribution in [2.24, 2.45) is 0 Å². The lowest BCUT2D eigenvalue weighted by Gasteiger charge is -2.43. The van der Waals surface area contributed by atoms with Gasteiger partial charge in [-0.3, -0.25) is 5.10 Å². The third kappa shape index (κ3) is 3.96. The topological polar surface area (TPSA) is 113 Å². The number of fused-ring (bicyclic) bond motifs is 4. The number of nitrogens with one attached hydrogen (secondary N) is 2. The van der Waals surface area contributed by atoms with Gasteiger partial charge in [-0.1, -0.05) is 11.6 Å². The Labute approximate surface area is 236 Å². The molecule has 7 rings (SSSR count). The number of halogens is 1. The fraction of sp³-hybridized carbons (Fsp3) is 0.379. The van der Waals surface area contributed by atoms with Gasteiger partial charge in [-0.15, -0.1) is 0 Å². The molecule has 2 aliphatic heterocycles. The molecule has 2 N–H and O–H groups in total. The number of H-pyrrole nitrogens is 1. The van der Waals surface area contributed by atoms with Crippen LogP contribution in [0.25, 0.3) is 43.9 Å².